The largest absolute Gasteiger partial charge is 0.493 e. The molecule has 7 nitrogen and oxygen atoms in total. The molecule has 1 amide bonds. The van der Waals surface area contributed by atoms with Crippen LogP contribution < -0.4 is 15.0 Å². The van der Waals surface area contributed by atoms with Crippen molar-refractivity contribution in [3.63, 3.8) is 0 Å². The van der Waals surface area contributed by atoms with Crippen molar-refractivity contribution in [3.05, 3.63) is 34.2 Å². The molecule has 0 spiro atoms. The summed E-state index contributed by atoms with van der Waals surface area (Å²) in [5.74, 6) is 0.986. The highest BCUT2D eigenvalue weighted by Crippen LogP contribution is 2.33. The van der Waals surface area contributed by atoms with Crippen molar-refractivity contribution < 1.29 is 14.3 Å². The van der Waals surface area contributed by atoms with Gasteiger partial charge < -0.3 is 23.8 Å². The average Bonchev–Trinajstić information content (AvgIpc) is 2.83. The number of methoxy groups -OCH3 is 2. The van der Waals surface area contributed by atoms with Crippen LogP contribution in [0.25, 0.3) is 10.8 Å². The van der Waals surface area contributed by atoms with Gasteiger partial charge in [-0.1, -0.05) is 6.42 Å². The lowest BCUT2D eigenvalue weighted by Crippen LogP contribution is -2.48. The Morgan fingerprint density at radius 1 is 0.968 bits per heavy atom. The lowest BCUT2D eigenvalue weighted by molar-refractivity contribution is 0.0591. The number of pyridine rings is 1. The molecule has 1 aromatic carbocycles. The van der Waals surface area contributed by atoms with Crippen LogP contribution in [-0.2, 0) is 6.54 Å². The predicted molar refractivity (Wildman–Crippen MR) is 121 cm³/mol. The van der Waals surface area contributed by atoms with Gasteiger partial charge in [-0.3, -0.25) is 9.59 Å². The number of likely N-dealkylation sites (tertiary alicyclic amines) is 2. The number of amides is 1. The van der Waals surface area contributed by atoms with Gasteiger partial charge in [0.15, 0.2) is 11.5 Å². The summed E-state index contributed by atoms with van der Waals surface area (Å²) in [7, 11) is 3.10. The number of hydrogen-bond acceptors (Lipinski definition) is 5. The molecule has 7 heteroatoms. The summed E-state index contributed by atoms with van der Waals surface area (Å²) in [6.45, 7) is 6.28. The van der Waals surface area contributed by atoms with E-state index in [2.05, 4.69) is 4.90 Å². The van der Waals surface area contributed by atoms with Crippen LogP contribution in [-0.4, -0.2) is 66.7 Å². The van der Waals surface area contributed by atoms with Crippen LogP contribution in [0.15, 0.2) is 23.1 Å². The Morgan fingerprint density at radius 3 is 2.16 bits per heavy atom. The Labute approximate surface area is 183 Å². The molecule has 0 radical (unpaired) electrons. The standard InChI is InChI=1S/C24H33N3O4/c1-4-25-16-20(18-14-21(30-2)22(31-3)15-19(18)23(25)28)24(29)27-12-8-17(9-13-27)26-10-6-5-7-11-26/h14-17H,4-13H2,1-3H3. The minimum absolute atomic E-state index is 0.0171. The number of rotatable bonds is 5. The molecule has 31 heavy (non-hydrogen) atoms. The van der Waals surface area contributed by atoms with E-state index in [4.69, 9.17) is 9.47 Å². The molecule has 168 valence electrons. The number of carbonyl (C=O) groups is 1. The number of carbonyl (C=O) groups excluding carboxylic acids is 1. The molecule has 0 unspecified atom stereocenters. The summed E-state index contributed by atoms with van der Waals surface area (Å²) in [5, 5.41) is 1.10. The van der Waals surface area contributed by atoms with Crippen LogP contribution >= 0.6 is 0 Å². The zero-order chi connectivity index (χ0) is 22.0. The Morgan fingerprint density at radius 2 is 1.58 bits per heavy atom. The maximum Gasteiger partial charge on any atom is 0.258 e. The first-order valence-electron chi connectivity index (χ1n) is 11.4. The van der Waals surface area contributed by atoms with E-state index in [9.17, 15) is 9.59 Å². The van der Waals surface area contributed by atoms with Crippen LogP contribution in [0.3, 0.4) is 0 Å². The smallest absolute Gasteiger partial charge is 0.258 e. The van der Waals surface area contributed by atoms with Crippen molar-refractivity contribution in [1.82, 2.24) is 14.4 Å². The molecule has 0 aliphatic carbocycles. The topological polar surface area (TPSA) is 64.0 Å². The van der Waals surface area contributed by atoms with Crippen molar-refractivity contribution >= 4 is 16.7 Å². The normalized spacial score (nSPS) is 18.4. The number of benzene rings is 1. The van der Waals surface area contributed by atoms with Gasteiger partial charge in [0.25, 0.3) is 11.5 Å². The minimum atomic E-state index is -0.126. The first kappa shape index (κ1) is 21.7. The van der Waals surface area contributed by atoms with E-state index >= 15 is 0 Å². The molecule has 2 aliphatic rings. The lowest BCUT2D eigenvalue weighted by Gasteiger charge is -2.40. The van der Waals surface area contributed by atoms with E-state index < -0.39 is 0 Å². The molecule has 2 aromatic rings. The molecule has 2 fully saturated rings. The third-order valence-electron chi connectivity index (χ3n) is 6.82. The second-order valence-electron chi connectivity index (χ2n) is 8.51. The number of aryl methyl sites for hydroxylation is 1. The van der Waals surface area contributed by atoms with Gasteiger partial charge in [0.2, 0.25) is 0 Å². The molecule has 2 aliphatic heterocycles. The molecule has 0 saturated carbocycles. The van der Waals surface area contributed by atoms with Gasteiger partial charge >= 0.3 is 0 Å². The Hall–Kier alpha value is -2.54. The molecule has 2 saturated heterocycles. The fourth-order valence-corrected chi connectivity index (χ4v) is 5.01. The number of aromatic nitrogens is 1. The number of nitrogens with zero attached hydrogens (tertiary/aromatic N) is 3. The monoisotopic (exact) mass is 427 g/mol. The van der Waals surface area contributed by atoms with Gasteiger partial charge in [-0.05, 0) is 57.8 Å². The summed E-state index contributed by atoms with van der Waals surface area (Å²) in [5.41, 5.74) is 0.424. The Kier molecular flexibility index (Phi) is 6.51. The third-order valence-corrected chi connectivity index (χ3v) is 6.82. The highest BCUT2D eigenvalue weighted by Gasteiger charge is 2.29. The van der Waals surface area contributed by atoms with Crippen molar-refractivity contribution in [1.29, 1.82) is 0 Å². The zero-order valence-electron chi connectivity index (χ0n) is 18.9. The third kappa shape index (κ3) is 4.15. The number of piperidine rings is 2. The highest BCUT2D eigenvalue weighted by atomic mass is 16.5. The van der Waals surface area contributed by atoms with Crippen LogP contribution in [0.1, 0.15) is 49.4 Å². The summed E-state index contributed by atoms with van der Waals surface area (Å²) in [6, 6.07) is 4.01. The molecule has 3 heterocycles. The van der Waals surface area contributed by atoms with Crippen LogP contribution in [0.5, 0.6) is 11.5 Å². The highest BCUT2D eigenvalue weighted by molar-refractivity contribution is 6.07. The van der Waals surface area contributed by atoms with E-state index in [-0.39, 0.29) is 11.5 Å². The molecular formula is C24H33N3O4. The van der Waals surface area contributed by atoms with Crippen molar-refractivity contribution in [2.24, 2.45) is 0 Å². The van der Waals surface area contributed by atoms with E-state index in [1.54, 1.807) is 37.1 Å². The van der Waals surface area contributed by atoms with Gasteiger partial charge in [0.05, 0.1) is 25.2 Å². The van der Waals surface area contributed by atoms with Gasteiger partial charge in [0.1, 0.15) is 0 Å². The maximum atomic E-state index is 13.6. The van der Waals surface area contributed by atoms with Crippen molar-refractivity contribution in [3.8, 4) is 11.5 Å². The van der Waals surface area contributed by atoms with Crippen LogP contribution in [0.2, 0.25) is 0 Å². The van der Waals surface area contributed by atoms with Gasteiger partial charge in [-0.2, -0.15) is 0 Å². The fourth-order valence-electron chi connectivity index (χ4n) is 5.01. The van der Waals surface area contributed by atoms with Gasteiger partial charge in [-0.25, -0.2) is 0 Å². The summed E-state index contributed by atoms with van der Waals surface area (Å²) in [4.78, 5) is 31.0. The van der Waals surface area contributed by atoms with Crippen LogP contribution in [0.4, 0.5) is 0 Å². The molecule has 1 aromatic heterocycles. The zero-order valence-corrected chi connectivity index (χ0v) is 18.9. The minimum Gasteiger partial charge on any atom is -0.493 e. The van der Waals surface area contributed by atoms with E-state index in [0.717, 1.165) is 25.9 Å². The molecule has 0 atom stereocenters. The van der Waals surface area contributed by atoms with E-state index in [0.29, 0.717) is 40.4 Å². The van der Waals surface area contributed by atoms with Gasteiger partial charge in [-0.15, -0.1) is 0 Å². The number of fused-ring (bicyclic) bond motifs is 1. The number of hydrogen-bond donors (Lipinski definition) is 0. The second-order valence-corrected chi connectivity index (χ2v) is 8.51. The predicted octanol–water partition coefficient (Wildman–Crippen LogP) is 3.13. The summed E-state index contributed by atoms with van der Waals surface area (Å²) >= 11 is 0. The number of ether oxygens (including phenoxy) is 2. The fraction of sp³-hybridized carbons (Fsp3) is 0.583. The second kappa shape index (κ2) is 9.30. The van der Waals surface area contributed by atoms with Crippen molar-refractivity contribution in [2.75, 3.05) is 40.4 Å². The van der Waals surface area contributed by atoms with Crippen LogP contribution in [0, 0.1) is 0 Å². The van der Waals surface area contributed by atoms with Gasteiger partial charge in [0, 0.05) is 37.3 Å². The quantitative estimate of drug-likeness (QED) is 0.734. The van der Waals surface area contributed by atoms with E-state index in [1.807, 2.05) is 11.8 Å². The molecular weight excluding hydrogens is 394 g/mol. The molecule has 4 rings (SSSR count). The molecule has 0 N–H and O–H groups in total. The van der Waals surface area contributed by atoms with Crippen molar-refractivity contribution in [2.45, 2.75) is 51.6 Å². The lowest BCUT2D eigenvalue weighted by atomic mass is 9.98. The summed E-state index contributed by atoms with van der Waals surface area (Å²) in [6.07, 6.45) is 7.63. The first-order valence-corrected chi connectivity index (χ1v) is 11.4. The first-order chi connectivity index (χ1) is 15.1. The van der Waals surface area contributed by atoms with E-state index in [1.165, 1.54) is 32.4 Å². The molecule has 0 bridgehead atoms. The average molecular weight is 428 g/mol. The maximum absolute atomic E-state index is 13.6. The SMILES string of the molecule is CCn1cc(C(=O)N2CCC(N3CCCCC3)CC2)c2cc(OC)c(OC)cc2c1=O. The Balaban J connectivity index is 1.64. The summed E-state index contributed by atoms with van der Waals surface area (Å²) < 4.78 is 12.4. The Bertz CT molecular complexity index is 1000.